The molecule has 4 rings (SSSR count). The van der Waals surface area contributed by atoms with Crippen molar-refractivity contribution in [3.8, 4) is 22.6 Å². The Morgan fingerprint density at radius 1 is 0.895 bits per heavy atom. The molecule has 1 saturated heterocycles. The number of aryl methyl sites for hydroxylation is 2. The third-order valence-corrected chi connectivity index (χ3v) is 7.00. The highest BCUT2D eigenvalue weighted by Crippen LogP contribution is 2.34. The van der Waals surface area contributed by atoms with Gasteiger partial charge in [-0.15, -0.1) is 0 Å². The van der Waals surface area contributed by atoms with Gasteiger partial charge in [-0.25, -0.2) is 0 Å². The van der Waals surface area contributed by atoms with Crippen LogP contribution < -0.4 is 14.9 Å². The molecule has 0 saturated carbocycles. The Bertz CT molecular complexity index is 1210. The van der Waals surface area contributed by atoms with Gasteiger partial charge in [0.25, 0.3) is 0 Å². The van der Waals surface area contributed by atoms with Gasteiger partial charge in [-0.1, -0.05) is 44.2 Å². The van der Waals surface area contributed by atoms with E-state index in [0.29, 0.717) is 32.8 Å². The van der Waals surface area contributed by atoms with E-state index >= 15 is 0 Å². The average Bonchev–Trinajstić information content (AvgIpc) is 2.83. The van der Waals surface area contributed by atoms with Crippen molar-refractivity contribution < 1.29 is 23.9 Å². The summed E-state index contributed by atoms with van der Waals surface area (Å²) in [6.07, 6.45) is 0.581. The summed E-state index contributed by atoms with van der Waals surface area (Å²) >= 11 is 0. The third kappa shape index (κ3) is 7.19. The minimum atomic E-state index is -0.735. The zero-order valence-electron chi connectivity index (χ0n) is 23.9. The molecule has 202 valence electrons. The van der Waals surface area contributed by atoms with Crippen LogP contribution in [0.3, 0.4) is 0 Å². The van der Waals surface area contributed by atoms with Crippen molar-refractivity contribution in [1.29, 1.82) is 0 Å². The second-order valence-corrected chi connectivity index (χ2v) is 11.9. The van der Waals surface area contributed by atoms with Crippen LogP contribution in [0.25, 0.3) is 11.1 Å². The molecule has 0 radical (unpaired) electrons. The van der Waals surface area contributed by atoms with Crippen LogP contribution >= 0.6 is 0 Å². The van der Waals surface area contributed by atoms with Crippen LogP contribution in [-0.4, -0.2) is 37.6 Å². The standard InChI is InChI=1S/C32H41BO5/c1-22-17-28(35-16-15-32(6,7)34)18-23(2)30(22)29-10-8-9-25(24(29)3)19-36-27-13-11-26(12-14-27)33-37-20-31(4,5)21-38-33/h8-14,17-18,34H,15-16,19-21H2,1-7H3. The summed E-state index contributed by atoms with van der Waals surface area (Å²) < 4.78 is 23.9. The Morgan fingerprint density at radius 2 is 1.53 bits per heavy atom. The molecule has 3 aromatic carbocycles. The van der Waals surface area contributed by atoms with Gasteiger partial charge >= 0.3 is 7.12 Å². The van der Waals surface area contributed by atoms with E-state index in [2.05, 4.69) is 65.0 Å². The summed E-state index contributed by atoms with van der Waals surface area (Å²) in [5, 5.41) is 9.95. The predicted molar refractivity (Wildman–Crippen MR) is 154 cm³/mol. The zero-order valence-corrected chi connectivity index (χ0v) is 23.9. The number of ether oxygens (including phenoxy) is 2. The molecule has 3 aromatic rings. The van der Waals surface area contributed by atoms with Crippen LogP contribution in [-0.2, 0) is 15.9 Å². The second kappa shape index (κ2) is 11.5. The van der Waals surface area contributed by atoms with Gasteiger partial charge in [0.1, 0.15) is 18.1 Å². The maximum atomic E-state index is 9.95. The lowest BCUT2D eigenvalue weighted by Gasteiger charge is -2.33. The Morgan fingerprint density at radius 3 is 2.13 bits per heavy atom. The molecule has 1 heterocycles. The fourth-order valence-corrected chi connectivity index (χ4v) is 4.73. The molecule has 1 N–H and O–H groups in total. The van der Waals surface area contributed by atoms with Crippen LogP contribution in [0.2, 0.25) is 0 Å². The molecule has 0 unspecified atom stereocenters. The minimum Gasteiger partial charge on any atom is -0.493 e. The lowest BCUT2D eigenvalue weighted by atomic mass is 9.76. The molecule has 0 spiro atoms. The first-order valence-electron chi connectivity index (χ1n) is 13.4. The van der Waals surface area contributed by atoms with E-state index in [-0.39, 0.29) is 12.5 Å². The number of hydrogen-bond acceptors (Lipinski definition) is 5. The minimum absolute atomic E-state index is 0.0522. The van der Waals surface area contributed by atoms with Crippen molar-refractivity contribution in [2.24, 2.45) is 5.41 Å². The summed E-state index contributed by atoms with van der Waals surface area (Å²) in [5.74, 6) is 1.65. The smallest absolute Gasteiger partial charge is 0.493 e. The highest BCUT2D eigenvalue weighted by atomic mass is 16.6. The maximum absolute atomic E-state index is 9.95. The molecule has 0 aromatic heterocycles. The van der Waals surface area contributed by atoms with Gasteiger partial charge in [-0.2, -0.15) is 0 Å². The van der Waals surface area contributed by atoms with Crippen LogP contribution in [0.1, 0.15) is 56.4 Å². The lowest BCUT2D eigenvalue weighted by Crippen LogP contribution is -2.47. The third-order valence-electron chi connectivity index (χ3n) is 7.00. The molecular weight excluding hydrogens is 475 g/mol. The molecule has 6 heteroatoms. The highest BCUT2D eigenvalue weighted by Gasteiger charge is 2.33. The van der Waals surface area contributed by atoms with Crippen LogP contribution in [0.5, 0.6) is 11.5 Å². The van der Waals surface area contributed by atoms with E-state index in [1.807, 2.05) is 24.3 Å². The van der Waals surface area contributed by atoms with Crippen LogP contribution in [0, 0.1) is 26.2 Å². The van der Waals surface area contributed by atoms with Gasteiger partial charge in [-0.05, 0) is 97.7 Å². The molecule has 38 heavy (non-hydrogen) atoms. The van der Waals surface area contributed by atoms with Gasteiger partial charge in [0.15, 0.2) is 0 Å². The number of aliphatic hydroxyl groups is 1. The molecule has 1 aliphatic heterocycles. The largest absolute Gasteiger partial charge is 0.493 e. The Kier molecular flexibility index (Phi) is 8.56. The highest BCUT2D eigenvalue weighted by molar-refractivity contribution is 6.61. The fourth-order valence-electron chi connectivity index (χ4n) is 4.73. The monoisotopic (exact) mass is 516 g/mol. The molecule has 0 aliphatic carbocycles. The van der Waals surface area contributed by atoms with Gasteiger partial charge in [0.05, 0.1) is 12.2 Å². The predicted octanol–water partition coefficient (Wildman–Crippen LogP) is 6.17. The van der Waals surface area contributed by atoms with Crippen LogP contribution in [0.15, 0.2) is 54.6 Å². The van der Waals surface area contributed by atoms with Gasteiger partial charge in [0.2, 0.25) is 0 Å². The van der Waals surface area contributed by atoms with E-state index in [9.17, 15) is 5.11 Å². The summed E-state index contributed by atoms with van der Waals surface area (Å²) in [5.41, 5.74) is 7.43. The molecule has 0 amide bonds. The number of benzene rings is 3. The summed E-state index contributed by atoms with van der Waals surface area (Å²) in [4.78, 5) is 0. The quantitative estimate of drug-likeness (QED) is 0.345. The summed E-state index contributed by atoms with van der Waals surface area (Å²) in [6.45, 7) is 16.6. The average molecular weight is 516 g/mol. The molecule has 0 atom stereocenters. The van der Waals surface area contributed by atoms with E-state index in [4.69, 9.17) is 18.8 Å². The van der Waals surface area contributed by atoms with Crippen LogP contribution in [0.4, 0.5) is 0 Å². The molecular formula is C32H41BO5. The van der Waals surface area contributed by atoms with Crippen molar-refractivity contribution in [2.75, 3.05) is 19.8 Å². The van der Waals surface area contributed by atoms with Crippen molar-refractivity contribution in [2.45, 2.75) is 67.1 Å². The first-order valence-corrected chi connectivity index (χ1v) is 13.4. The maximum Gasteiger partial charge on any atom is 0.493 e. The van der Waals surface area contributed by atoms with E-state index in [1.165, 1.54) is 16.7 Å². The van der Waals surface area contributed by atoms with Crippen molar-refractivity contribution in [3.05, 3.63) is 76.9 Å². The SMILES string of the molecule is Cc1cc(OCCC(C)(C)O)cc(C)c1-c1cccc(COc2ccc(B3OCC(C)(C)CO3)cc2)c1C. The van der Waals surface area contributed by atoms with E-state index in [0.717, 1.165) is 33.7 Å². The van der Waals surface area contributed by atoms with Crippen molar-refractivity contribution in [3.63, 3.8) is 0 Å². The number of rotatable bonds is 9. The number of hydrogen-bond donors (Lipinski definition) is 1. The normalized spacial score (nSPS) is 15.4. The van der Waals surface area contributed by atoms with Gasteiger partial charge in [-0.3, -0.25) is 0 Å². The molecule has 1 aliphatic rings. The Hall–Kier alpha value is -2.80. The fraction of sp³-hybridized carbons (Fsp3) is 0.438. The summed E-state index contributed by atoms with van der Waals surface area (Å²) in [6, 6.07) is 18.5. The van der Waals surface area contributed by atoms with Gasteiger partial charge < -0.3 is 23.9 Å². The molecule has 1 fully saturated rings. The van der Waals surface area contributed by atoms with E-state index < -0.39 is 5.60 Å². The zero-order chi connectivity index (χ0) is 27.5. The summed E-state index contributed by atoms with van der Waals surface area (Å²) in [7, 11) is -0.319. The first-order chi connectivity index (χ1) is 17.9. The Balaban J connectivity index is 1.43. The van der Waals surface area contributed by atoms with Crippen molar-refractivity contribution >= 4 is 12.6 Å². The topological polar surface area (TPSA) is 57.2 Å². The molecule has 0 bridgehead atoms. The lowest BCUT2D eigenvalue weighted by molar-refractivity contribution is 0.0343. The first kappa shape index (κ1) is 28.2. The second-order valence-electron chi connectivity index (χ2n) is 11.9. The van der Waals surface area contributed by atoms with E-state index in [1.54, 1.807) is 13.8 Å². The molecule has 5 nitrogen and oxygen atoms in total. The Labute approximate surface area is 228 Å². The van der Waals surface area contributed by atoms with Gasteiger partial charge in [0, 0.05) is 25.0 Å². The van der Waals surface area contributed by atoms with Crippen molar-refractivity contribution in [1.82, 2.24) is 0 Å².